The summed E-state index contributed by atoms with van der Waals surface area (Å²) in [6.07, 6.45) is 8.61. The normalized spacial score (nSPS) is 40.8. The lowest BCUT2D eigenvalue weighted by Crippen LogP contribution is -2.49. The molecule has 0 spiro atoms. The lowest BCUT2D eigenvalue weighted by molar-refractivity contribution is -0.132. The largest absolute Gasteiger partial charge is 0.351 e. The summed E-state index contributed by atoms with van der Waals surface area (Å²) in [5.74, 6) is 2.26. The minimum atomic E-state index is -3.01. The maximum Gasteiger partial charge on any atom is 0.239 e. The second kappa shape index (κ2) is 6.25. The molecule has 1 heterocycles. The Labute approximate surface area is 149 Å². The fraction of sp³-hybridized carbons (Fsp3) is 0.889. The van der Waals surface area contributed by atoms with Gasteiger partial charge in [-0.2, -0.15) is 0 Å². The maximum atomic E-state index is 12.4. The van der Waals surface area contributed by atoms with Crippen molar-refractivity contribution in [2.24, 2.45) is 23.2 Å². The van der Waals surface area contributed by atoms with Crippen LogP contribution in [0.2, 0.25) is 0 Å². The molecule has 0 unspecified atom stereocenters. The average Bonchev–Trinajstić information content (AvgIpc) is 2.82. The van der Waals surface area contributed by atoms with Gasteiger partial charge in [0.05, 0.1) is 18.1 Å². The Morgan fingerprint density at radius 1 is 0.960 bits per heavy atom. The number of carbonyl (C=O) groups excluding carboxylic acids is 2. The van der Waals surface area contributed by atoms with Gasteiger partial charge in [0.25, 0.3) is 0 Å². The zero-order chi connectivity index (χ0) is 17.7. The molecule has 2 N–H and O–H groups in total. The molecule has 140 valence electrons. The monoisotopic (exact) mass is 368 g/mol. The Morgan fingerprint density at radius 3 is 2.08 bits per heavy atom. The summed E-state index contributed by atoms with van der Waals surface area (Å²) in [6, 6.07) is -0.308. The van der Waals surface area contributed by atoms with Gasteiger partial charge < -0.3 is 10.6 Å². The van der Waals surface area contributed by atoms with Crippen LogP contribution in [0.5, 0.6) is 0 Å². The van der Waals surface area contributed by atoms with Gasteiger partial charge in [0.15, 0.2) is 9.84 Å². The molecule has 0 aromatic heterocycles. The minimum Gasteiger partial charge on any atom is -0.351 e. The van der Waals surface area contributed by atoms with Crippen molar-refractivity contribution >= 4 is 21.7 Å². The van der Waals surface area contributed by atoms with Crippen LogP contribution in [-0.2, 0) is 19.4 Å². The smallest absolute Gasteiger partial charge is 0.239 e. The van der Waals surface area contributed by atoms with E-state index in [1.54, 1.807) is 0 Å². The number of carbonyl (C=O) groups is 2. The molecule has 7 heteroatoms. The van der Waals surface area contributed by atoms with E-state index in [9.17, 15) is 18.0 Å². The Kier molecular flexibility index (Phi) is 4.33. The molecule has 0 aromatic carbocycles. The van der Waals surface area contributed by atoms with Crippen molar-refractivity contribution in [1.82, 2.24) is 10.6 Å². The lowest BCUT2D eigenvalue weighted by Gasteiger charge is -2.56. The summed E-state index contributed by atoms with van der Waals surface area (Å²) in [4.78, 5) is 24.3. The van der Waals surface area contributed by atoms with Gasteiger partial charge in [0, 0.05) is 12.5 Å². The van der Waals surface area contributed by atoms with Crippen LogP contribution in [0.15, 0.2) is 0 Å². The van der Waals surface area contributed by atoms with Crippen molar-refractivity contribution in [3.8, 4) is 0 Å². The van der Waals surface area contributed by atoms with Gasteiger partial charge in [-0.25, -0.2) is 8.42 Å². The minimum absolute atomic E-state index is 0.0139. The summed E-state index contributed by atoms with van der Waals surface area (Å²) in [5.41, 5.74) is 0.175. The Hall–Kier alpha value is -1.11. The van der Waals surface area contributed by atoms with Crippen LogP contribution in [0.1, 0.15) is 51.4 Å². The Bertz CT molecular complexity index is 637. The van der Waals surface area contributed by atoms with E-state index >= 15 is 0 Å². The topological polar surface area (TPSA) is 92.3 Å². The molecule has 0 radical (unpaired) electrons. The summed E-state index contributed by atoms with van der Waals surface area (Å²) >= 11 is 0. The molecule has 1 aliphatic heterocycles. The number of amides is 2. The predicted octanol–water partition coefficient (Wildman–Crippen LogP) is 1.01. The van der Waals surface area contributed by atoms with Crippen molar-refractivity contribution in [3.63, 3.8) is 0 Å². The van der Waals surface area contributed by atoms with Crippen LogP contribution in [0, 0.1) is 23.2 Å². The first-order valence-electron chi connectivity index (χ1n) is 9.57. The molecule has 5 rings (SSSR count). The van der Waals surface area contributed by atoms with Crippen LogP contribution >= 0.6 is 0 Å². The summed E-state index contributed by atoms with van der Waals surface area (Å²) < 4.78 is 22.8. The molecule has 4 saturated carbocycles. The van der Waals surface area contributed by atoms with Gasteiger partial charge >= 0.3 is 0 Å². The van der Waals surface area contributed by atoms with E-state index in [2.05, 4.69) is 10.6 Å². The maximum absolute atomic E-state index is 12.4. The zero-order valence-corrected chi connectivity index (χ0v) is 15.4. The van der Waals surface area contributed by atoms with Crippen LogP contribution in [0.4, 0.5) is 0 Å². The van der Waals surface area contributed by atoms with Crippen LogP contribution in [-0.4, -0.2) is 44.3 Å². The van der Waals surface area contributed by atoms with Crippen molar-refractivity contribution in [2.45, 2.75) is 57.4 Å². The molecular formula is C18H28N2O4S. The number of hydrogen-bond acceptors (Lipinski definition) is 4. The second-order valence-electron chi connectivity index (χ2n) is 9.04. The molecule has 25 heavy (non-hydrogen) atoms. The zero-order valence-electron chi connectivity index (χ0n) is 14.6. The fourth-order valence-electron chi connectivity index (χ4n) is 6.28. The van der Waals surface area contributed by atoms with Gasteiger partial charge in [0.1, 0.15) is 0 Å². The molecule has 0 aromatic rings. The summed E-state index contributed by atoms with van der Waals surface area (Å²) in [5, 5.41) is 5.47. The molecule has 1 atom stereocenters. The van der Waals surface area contributed by atoms with E-state index in [-0.39, 0.29) is 41.3 Å². The van der Waals surface area contributed by atoms with E-state index in [0.29, 0.717) is 12.8 Å². The van der Waals surface area contributed by atoms with E-state index in [4.69, 9.17) is 0 Å². The highest BCUT2D eigenvalue weighted by atomic mass is 32.2. The first kappa shape index (κ1) is 17.3. The van der Waals surface area contributed by atoms with Crippen molar-refractivity contribution < 1.29 is 18.0 Å². The second-order valence-corrected chi connectivity index (χ2v) is 11.3. The molecule has 2 amide bonds. The standard InChI is InChI=1S/C18H28N2O4S/c21-16(19-10-17(22)20-15-1-2-25(23,24)11-15)9-18-6-12-3-13(7-18)5-14(4-12)8-18/h12-15H,1-11H2,(H,19,21)(H,20,22)/t12?,13?,14?,15-,18?/m0/s1. The van der Waals surface area contributed by atoms with Gasteiger partial charge in [0.2, 0.25) is 11.8 Å². The molecule has 6 nitrogen and oxygen atoms in total. The molecule has 5 aliphatic rings. The molecular weight excluding hydrogens is 340 g/mol. The predicted molar refractivity (Wildman–Crippen MR) is 93.4 cm³/mol. The van der Waals surface area contributed by atoms with Crippen molar-refractivity contribution in [2.75, 3.05) is 18.1 Å². The first-order chi connectivity index (χ1) is 11.8. The van der Waals surface area contributed by atoms with Gasteiger partial charge in [-0.3, -0.25) is 9.59 Å². The third-order valence-electron chi connectivity index (χ3n) is 6.74. The number of rotatable bonds is 5. The van der Waals surface area contributed by atoms with Crippen LogP contribution in [0.3, 0.4) is 0 Å². The van der Waals surface area contributed by atoms with E-state index in [0.717, 1.165) is 17.8 Å². The quantitative estimate of drug-likeness (QED) is 0.758. The van der Waals surface area contributed by atoms with E-state index in [1.165, 1.54) is 38.5 Å². The summed E-state index contributed by atoms with van der Waals surface area (Å²) in [7, 11) is -3.01. The Balaban J connectivity index is 1.24. The lowest BCUT2D eigenvalue weighted by atomic mass is 9.49. The van der Waals surface area contributed by atoms with Gasteiger partial charge in [-0.15, -0.1) is 0 Å². The number of hydrogen-bond donors (Lipinski definition) is 2. The highest BCUT2D eigenvalue weighted by molar-refractivity contribution is 7.91. The number of nitrogens with one attached hydrogen (secondary N) is 2. The highest BCUT2D eigenvalue weighted by Gasteiger charge is 2.51. The molecule has 5 fully saturated rings. The van der Waals surface area contributed by atoms with Crippen molar-refractivity contribution in [1.29, 1.82) is 0 Å². The molecule has 4 bridgehead atoms. The first-order valence-corrected chi connectivity index (χ1v) is 11.4. The number of sulfone groups is 1. The molecule has 4 aliphatic carbocycles. The van der Waals surface area contributed by atoms with Gasteiger partial charge in [-0.1, -0.05) is 0 Å². The van der Waals surface area contributed by atoms with Crippen LogP contribution in [0.25, 0.3) is 0 Å². The van der Waals surface area contributed by atoms with E-state index in [1.807, 2.05) is 0 Å². The highest BCUT2D eigenvalue weighted by Crippen LogP contribution is 2.61. The third-order valence-corrected chi connectivity index (χ3v) is 8.51. The molecule has 1 saturated heterocycles. The van der Waals surface area contributed by atoms with Crippen LogP contribution < -0.4 is 10.6 Å². The van der Waals surface area contributed by atoms with E-state index < -0.39 is 9.84 Å². The fourth-order valence-corrected chi connectivity index (χ4v) is 7.95. The SMILES string of the molecule is O=C(CC12CC3CC(CC(C3)C1)C2)NCC(=O)N[C@H]1CCS(=O)(=O)C1. The third kappa shape index (κ3) is 3.86. The van der Waals surface area contributed by atoms with Crippen molar-refractivity contribution in [3.05, 3.63) is 0 Å². The summed E-state index contributed by atoms with van der Waals surface area (Å²) in [6.45, 7) is -0.0538. The average molecular weight is 368 g/mol. The Morgan fingerprint density at radius 2 is 1.56 bits per heavy atom. The van der Waals surface area contributed by atoms with Gasteiger partial charge in [-0.05, 0) is 68.1 Å².